The topological polar surface area (TPSA) is 77.9 Å². The third-order valence-electron chi connectivity index (χ3n) is 5.53. The van der Waals surface area contributed by atoms with Crippen molar-refractivity contribution in [1.82, 2.24) is 9.80 Å². The zero-order valence-electron chi connectivity index (χ0n) is 15.3. The zero-order valence-corrected chi connectivity index (χ0v) is 16.2. The number of carbonyl (C=O) groups is 3. The van der Waals surface area contributed by atoms with Crippen molar-refractivity contribution in [3.05, 3.63) is 35.9 Å². The number of carbonyl (C=O) groups excluding carboxylic acids is 2. The van der Waals surface area contributed by atoms with Gasteiger partial charge in [0.1, 0.15) is 6.04 Å². The Bertz CT molecular complexity index is 690. The highest BCUT2D eigenvalue weighted by atomic mass is 32.1. The molecule has 3 amide bonds. The lowest BCUT2D eigenvalue weighted by molar-refractivity contribution is -0.137. The minimum Gasteiger partial charge on any atom is -0.481 e. The van der Waals surface area contributed by atoms with Gasteiger partial charge in [-0.05, 0) is 31.2 Å². The van der Waals surface area contributed by atoms with Crippen molar-refractivity contribution in [1.29, 1.82) is 0 Å². The summed E-state index contributed by atoms with van der Waals surface area (Å²) < 4.78 is 0. The maximum absolute atomic E-state index is 13.2. The molecule has 1 aliphatic carbocycles. The number of benzene rings is 1. The molecule has 1 saturated heterocycles. The van der Waals surface area contributed by atoms with Crippen molar-refractivity contribution < 1.29 is 19.5 Å². The van der Waals surface area contributed by atoms with Gasteiger partial charge in [0.15, 0.2) is 0 Å². The van der Waals surface area contributed by atoms with Crippen molar-refractivity contribution in [3.63, 3.8) is 0 Å². The molecule has 1 aromatic carbocycles. The minimum atomic E-state index is -0.949. The number of thiol groups is 1. The van der Waals surface area contributed by atoms with Crippen LogP contribution in [0, 0.1) is 0 Å². The molecule has 0 bridgehead atoms. The van der Waals surface area contributed by atoms with E-state index in [1.54, 1.807) is 4.90 Å². The van der Waals surface area contributed by atoms with Crippen LogP contribution in [0.5, 0.6) is 0 Å². The van der Waals surface area contributed by atoms with Crippen LogP contribution < -0.4 is 0 Å². The van der Waals surface area contributed by atoms with E-state index in [2.05, 4.69) is 12.6 Å². The molecule has 6 nitrogen and oxygen atoms in total. The summed E-state index contributed by atoms with van der Waals surface area (Å²) in [6.45, 7) is 0. The molecule has 2 unspecified atom stereocenters. The summed E-state index contributed by atoms with van der Waals surface area (Å²) >= 11 is 4.40. The fraction of sp³-hybridized carbons (Fsp3) is 0.550. The Hall–Kier alpha value is -2.02. The number of rotatable bonds is 8. The Labute approximate surface area is 164 Å². The van der Waals surface area contributed by atoms with Crippen LogP contribution in [0.3, 0.4) is 0 Å². The van der Waals surface area contributed by atoms with Crippen molar-refractivity contribution in [2.24, 2.45) is 0 Å². The van der Waals surface area contributed by atoms with Gasteiger partial charge < -0.3 is 10.0 Å². The molecule has 0 aromatic heterocycles. The molecule has 7 heteroatoms. The Morgan fingerprint density at radius 2 is 1.85 bits per heavy atom. The number of nitrogens with zero attached hydrogens (tertiary/aromatic N) is 2. The normalized spacial score (nSPS) is 21.9. The Morgan fingerprint density at radius 3 is 2.44 bits per heavy atom. The van der Waals surface area contributed by atoms with Gasteiger partial charge in [0.05, 0.1) is 6.04 Å². The lowest BCUT2D eigenvalue weighted by atomic mass is 10.0. The first kappa shape index (κ1) is 19.7. The van der Waals surface area contributed by atoms with Crippen LogP contribution in [0.1, 0.15) is 44.1 Å². The highest BCUT2D eigenvalue weighted by Gasteiger charge is 2.50. The second-order valence-corrected chi connectivity index (χ2v) is 7.68. The second kappa shape index (κ2) is 8.78. The molecule has 1 saturated carbocycles. The number of carboxylic acid groups (broad SMARTS) is 1. The molecule has 1 heterocycles. The van der Waals surface area contributed by atoms with E-state index in [-0.39, 0.29) is 36.9 Å². The number of imide groups is 1. The van der Waals surface area contributed by atoms with Gasteiger partial charge in [-0.3, -0.25) is 14.5 Å². The van der Waals surface area contributed by atoms with Gasteiger partial charge in [0.25, 0.3) is 5.91 Å². The number of amides is 3. The molecule has 0 spiro atoms. The van der Waals surface area contributed by atoms with Crippen LogP contribution >= 0.6 is 12.6 Å². The number of carboxylic acids is 1. The number of urea groups is 1. The van der Waals surface area contributed by atoms with Gasteiger partial charge in [-0.25, -0.2) is 4.79 Å². The van der Waals surface area contributed by atoms with Crippen molar-refractivity contribution >= 4 is 30.5 Å². The monoisotopic (exact) mass is 390 g/mol. The Kier molecular flexibility index (Phi) is 6.42. The average Bonchev–Trinajstić information content (AvgIpc) is 3.26. The van der Waals surface area contributed by atoms with Crippen LogP contribution in [0.2, 0.25) is 0 Å². The minimum absolute atomic E-state index is 0.0301. The second-order valence-electron chi connectivity index (χ2n) is 7.31. The fourth-order valence-electron chi connectivity index (χ4n) is 4.21. The van der Waals surface area contributed by atoms with E-state index in [1.165, 1.54) is 4.90 Å². The summed E-state index contributed by atoms with van der Waals surface area (Å²) in [5.74, 6) is -0.852. The van der Waals surface area contributed by atoms with Gasteiger partial charge in [-0.1, -0.05) is 43.2 Å². The third-order valence-corrected chi connectivity index (χ3v) is 5.95. The summed E-state index contributed by atoms with van der Waals surface area (Å²) in [6, 6.07) is 8.47. The zero-order chi connectivity index (χ0) is 19.4. The summed E-state index contributed by atoms with van der Waals surface area (Å²) in [7, 11) is 0. The first-order chi connectivity index (χ1) is 13.0. The summed E-state index contributed by atoms with van der Waals surface area (Å²) in [4.78, 5) is 40.4. The van der Waals surface area contributed by atoms with E-state index in [4.69, 9.17) is 5.11 Å². The lowest BCUT2D eigenvalue weighted by Gasteiger charge is -2.29. The first-order valence-corrected chi connectivity index (χ1v) is 10.2. The molecule has 1 N–H and O–H groups in total. The van der Waals surface area contributed by atoms with Gasteiger partial charge in [-0.2, -0.15) is 12.6 Å². The number of aliphatic carboxylic acids is 1. The van der Waals surface area contributed by atoms with Gasteiger partial charge in [0, 0.05) is 18.2 Å². The molecule has 1 aromatic rings. The van der Waals surface area contributed by atoms with Crippen molar-refractivity contribution in [3.8, 4) is 0 Å². The van der Waals surface area contributed by atoms with Crippen LogP contribution in [0.25, 0.3) is 0 Å². The SMILES string of the molecule is O=C(O)CCC1C(=O)N(C(CS)Cc2ccccc2)C(=O)N1C1CCCC1. The highest BCUT2D eigenvalue weighted by Crippen LogP contribution is 2.33. The Balaban J connectivity index is 1.83. The first-order valence-electron chi connectivity index (χ1n) is 9.55. The molecule has 2 atom stereocenters. The predicted molar refractivity (Wildman–Crippen MR) is 105 cm³/mol. The number of hydrogen-bond acceptors (Lipinski definition) is 4. The van der Waals surface area contributed by atoms with Crippen LogP contribution in [-0.2, 0) is 16.0 Å². The molecule has 3 rings (SSSR count). The van der Waals surface area contributed by atoms with Crippen LogP contribution in [0.15, 0.2) is 30.3 Å². The standard InChI is InChI=1S/C20H26N2O4S/c23-18(24)11-10-17-19(25)22(20(26)21(17)15-8-4-5-9-15)16(13-27)12-14-6-2-1-3-7-14/h1-3,6-7,15-17,27H,4-5,8-13H2,(H,23,24). The largest absolute Gasteiger partial charge is 0.481 e. The average molecular weight is 391 g/mol. The maximum atomic E-state index is 13.2. The molecule has 146 valence electrons. The van der Waals surface area contributed by atoms with E-state index in [0.29, 0.717) is 12.2 Å². The lowest BCUT2D eigenvalue weighted by Crippen LogP contribution is -2.45. The molecule has 2 fully saturated rings. The maximum Gasteiger partial charge on any atom is 0.327 e. The van der Waals surface area contributed by atoms with Gasteiger partial charge >= 0.3 is 12.0 Å². The molecule has 27 heavy (non-hydrogen) atoms. The highest BCUT2D eigenvalue weighted by molar-refractivity contribution is 7.80. The molecular formula is C20H26N2O4S. The quantitative estimate of drug-likeness (QED) is 0.528. The van der Waals surface area contributed by atoms with Crippen LogP contribution in [-0.4, -0.2) is 56.7 Å². The summed E-state index contributed by atoms with van der Waals surface area (Å²) in [5, 5.41) is 9.05. The van der Waals surface area contributed by atoms with Crippen molar-refractivity contribution in [2.45, 2.75) is 63.1 Å². The predicted octanol–water partition coefficient (Wildman–Crippen LogP) is 2.97. The van der Waals surface area contributed by atoms with Gasteiger partial charge in [0.2, 0.25) is 0 Å². The van der Waals surface area contributed by atoms with Crippen LogP contribution in [0.4, 0.5) is 4.79 Å². The molecule has 0 radical (unpaired) electrons. The molecular weight excluding hydrogens is 364 g/mol. The number of hydrogen-bond donors (Lipinski definition) is 2. The van der Waals surface area contributed by atoms with E-state index in [1.807, 2.05) is 30.3 Å². The van der Waals surface area contributed by atoms with E-state index in [9.17, 15) is 14.4 Å². The van der Waals surface area contributed by atoms with Gasteiger partial charge in [-0.15, -0.1) is 0 Å². The van der Waals surface area contributed by atoms with E-state index >= 15 is 0 Å². The summed E-state index contributed by atoms with van der Waals surface area (Å²) in [6.07, 6.45) is 4.42. The molecule has 2 aliphatic rings. The fourth-order valence-corrected chi connectivity index (χ4v) is 4.50. The van der Waals surface area contributed by atoms with Crippen molar-refractivity contribution in [2.75, 3.05) is 5.75 Å². The summed E-state index contributed by atoms with van der Waals surface area (Å²) in [5.41, 5.74) is 1.04. The smallest absolute Gasteiger partial charge is 0.327 e. The van der Waals surface area contributed by atoms with E-state index < -0.39 is 12.0 Å². The Morgan fingerprint density at radius 1 is 1.19 bits per heavy atom. The third kappa shape index (κ3) is 4.29. The molecule has 1 aliphatic heterocycles. The van der Waals surface area contributed by atoms with E-state index in [0.717, 1.165) is 31.2 Å².